The molecule has 10 aromatic rings. The molecule has 72 heavy (non-hydrogen) atoms. The lowest BCUT2D eigenvalue weighted by Crippen LogP contribution is -1.91. The number of nitrogens with zero attached hydrogens (tertiary/aromatic N) is 2. The molecule has 0 spiro atoms. The van der Waals surface area contributed by atoms with Crippen molar-refractivity contribution in [1.82, 2.24) is 19.9 Å². The van der Waals surface area contributed by atoms with E-state index in [2.05, 4.69) is 9.97 Å². The predicted molar refractivity (Wildman–Crippen MR) is 266 cm³/mol. The van der Waals surface area contributed by atoms with E-state index in [0.29, 0.717) is 65.9 Å². The molecule has 4 heterocycles. The maximum absolute atomic E-state index is 15.7. The average Bonchev–Trinajstić information content (AvgIpc) is 4.11. The van der Waals surface area contributed by atoms with E-state index in [1.54, 1.807) is 97.1 Å². The van der Waals surface area contributed by atoms with E-state index in [-0.39, 0.29) is 67.3 Å². The molecule has 0 saturated heterocycles. The topological polar surface area (TPSA) is 57.4 Å². The van der Waals surface area contributed by atoms with Gasteiger partial charge in [0.1, 0.15) is 46.5 Å². The molecule has 2 aliphatic heterocycles. The zero-order chi connectivity index (χ0) is 49.1. The third-order valence-corrected chi connectivity index (χ3v) is 13.3. The second-order valence-corrected chi connectivity index (χ2v) is 17.7. The van der Waals surface area contributed by atoms with Crippen LogP contribution in [-0.4, -0.2) is 19.9 Å². The Labute approximate surface area is 403 Å². The highest BCUT2D eigenvalue weighted by Gasteiger charge is 2.31. The van der Waals surface area contributed by atoms with Crippen molar-refractivity contribution in [2.24, 2.45) is 0 Å². The fourth-order valence-electron chi connectivity index (χ4n) is 10.6. The summed E-state index contributed by atoms with van der Waals surface area (Å²) >= 11 is 0. The molecule has 3 aliphatic rings. The fourth-order valence-corrected chi connectivity index (χ4v) is 10.6. The number of hydrogen-bond acceptors (Lipinski definition) is 2. The van der Waals surface area contributed by atoms with Crippen LogP contribution in [0.5, 0.6) is 0 Å². The molecule has 0 fully saturated rings. The molecule has 2 aromatic heterocycles. The smallest absolute Gasteiger partial charge is 0.126 e. The molecule has 8 aromatic carbocycles. The lowest BCUT2D eigenvalue weighted by atomic mass is 9.93. The minimum absolute atomic E-state index is 0.0621. The Morgan fingerprint density at radius 1 is 0.250 bits per heavy atom. The van der Waals surface area contributed by atoms with Crippen LogP contribution in [0, 0.1) is 46.5 Å². The van der Waals surface area contributed by atoms with E-state index in [1.807, 2.05) is 0 Å². The fraction of sp³-hybridized carbons (Fsp3) is 0. The molecule has 13 rings (SSSR count). The van der Waals surface area contributed by atoms with Gasteiger partial charge in [0.25, 0.3) is 0 Å². The lowest BCUT2D eigenvalue weighted by molar-refractivity contribution is 0.583. The molecule has 0 amide bonds. The number of hydrogen-bond donors (Lipinski definition) is 2. The Bertz CT molecular complexity index is 3720. The summed E-state index contributed by atoms with van der Waals surface area (Å²) in [4.78, 5) is 17.8. The van der Waals surface area contributed by atoms with Gasteiger partial charge in [-0.1, -0.05) is 97.1 Å². The molecule has 8 bridgehead atoms. The van der Waals surface area contributed by atoms with Gasteiger partial charge in [-0.3, -0.25) is 0 Å². The molecule has 0 radical (unpaired) electrons. The van der Waals surface area contributed by atoms with Crippen molar-refractivity contribution in [3.8, 4) is 89.5 Å². The highest BCUT2D eigenvalue weighted by Crippen LogP contribution is 2.52. The maximum atomic E-state index is 15.7. The van der Waals surface area contributed by atoms with Crippen molar-refractivity contribution in [2.75, 3.05) is 0 Å². The summed E-state index contributed by atoms with van der Waals surface area (Å²) in [5, 5.41) is 2.03. The van der Waals surface area contributed by atoms with Crippen LogP contribution in [0.15, 0.2) is 170 Å². The van der Waals surface area contributed by atoms with Gasteiger partial charge in [-0.15, -0.1) is 0 Å². The van der Waals surface area contributed by atoms with Crippen LogP contribution in [0.1, 0.15) is 0 Å². The highest BCUT2D eigenvalue weighted by atomic mass is 19.2. The van der Waals surface area contributed by atoms with Crippen LogP contribution in [0.4, 0.5) is 35.1 Å². The molecule has 12 heteroatoms. The molecular formula is C60H30F8N4. The van der Waals surface area contributed by atoms with E-state index in [4.69, 9.17) is 9.97 Å². The summed E-state index contributed by atoms with van der Waals surface area (Å²) in [6.07, 6.45) is 0. The van der Waals surface area contributed by atoms with Gasteiger partial charge >= 0.3 is 0 Å². The number of aromatic amines is 2. The quantitative estimate of drug-likeness (QED) is 0.173. The number of benzene rings is 8. The first-order valence-corrected chi connectivity index (χ1v) is 22.6. The molecule has 346 valence electrons. The number of aromatic nitrogens is 4. The van der Waals surface area contributed by atoms with Gasteiger partial charge in [0, 0.05) is 90.3 Å². The number of halogens is 8. The zero-order valence-corrected chi connectivity index (χ0v) is 37.1. The molecule has 0 saturated carbocycles. The molecule has 1 aliphatic carbocycles. The van der Waals surface area contributed by atoms with Gasteiger partial charge in [-0.25, -0.2) is 45.1 Å². The number of rotatable bonds is 4. The van der Waals surface area contributed by atoms with Gasteiger partial charge in [-0.2, -0.15) is 0 Å². The van der Waals surface area contributed by atoms with Crippen molar-refractivity contribution in [3.05, 3.63) is 216 Å². The molecule has 0 unspecified atom stereocenters. The summed E-state index contributed by atoms with van der Waals surface area (Å²) in [5.41, 5.74) is 5.04. The van der Waals surface area contributed by atoms with E-state index in [9.17, 15) is 0 Å². The largest absolute Gasteiger partial charge is 0.353 e. The first kappa shape index (κ1) is 42.9. The SMILES string of the molecule is Fc1cc(F)cc(-c2c3nc(c(-c4cc(F)cc(F)c4)c4[nH]c(c(-c5cc(F)cc(F)c5)c5nc(c(-c6cc(F)cc(F)c6)c6[nH]c2c2ccccc62)-c2ccccc2-5)c2ccccc42)-c2ccccc2-3)c1. The van der Waals surface area contributed by atoms with Gasteiger partial charge in [-0.05, 0) is 70.8 Å². The van der Waals surface area contributed by atoms with Crippen LogP contribution >= 0.6 is 0 Å². The zero-order valence-electron chi connectivity index (χ0n) is 37.1. The number of H-pyrrole nitrogens is 2. The van der Waals surface area contributed by atoms with E-state index < -0.39 is 46.5 Å². The summed E-state index contributed by atoms with van der Waals surface area (Å²) in [7, 11) is 0. The Balaban J connectivity index is 1.40. The number of nitrogens with one attached hydrogen (secondary N) is 2. The summed E-state index contributed by atoms with van der Waals surface area (Å²) in [6, 6.07) is 40.7. The van der Waals surface area contributed by atoms with Crippen molar-refractivity contribution in [1.29, 1.82) is 0 Å². The highest BCUT2D eigenvalue weighted by molar-refractivity contribution is 6.21. The van der Waals surface area contributed by atoms with E-state index in [1.165, 1.54) is 48.5 Å². The van der Waals surface area contributed by atoms with E-state index in [0.717, 1.165) is 24.3 Å². The van der Waals surface area contributed by atoms with Crippen LogP contribution in [0.3, 0.4) is 0 Å². The normalized spacial score (nSPS) is 11.9. The van der Waals surface area contributed by atoms with Crippen molar-refractivity contribution in [3.63, 3.8) is 0 Å². The first-order chi connectivity index (χ1) is 34.9. The summed E-state index contributed by atoms with van der Waals surface area (Å²) in [5.74, 6) is -7.13. The first-order valence-electron chi connectivity index (χ1n) is 22.6. The van der Waals surface area contributed by atoms with Crippen LogP contribution in [-0.2, 0) is 0 Å². The maximum Gasteiger partial charge on any atom is 0.126 e. The van der Waals surface area contributed by atoms with E-state index >= 15 is 35.1 Å². The Morgan fingerprint density at radius 3 is 0.653 bits per heavy atom. The average molecular weight is 959 g/mol. The predicted octanol–water partition coefficient (Wildman–Crippen LogP) is 17.1. The Kier molecular flexibility index (Phi) is 9.66. The van der Waals surface area contributed by atoms with Gasteiger partial charge in [0.05, 0.1) is 44.8 Å². The van der Waals surface area contributed by atoms with Crippen LogP contribution in [0.25, 0.3) is 133 Å². The lowest BCUT2D eigenvalue weighted by Gasteiger charge is -2.09. The molecular weight excluding hydrogens is 929 g/mol. The molecule has 4 nitrogen and oxygen atoms in total. The van der Waals surface area contributed by atoms with Crippen molar-refractivity contribution < 1.29 is 35.1 Å². The second kappa shape index (κ2) is 16.2. The monoisotopic (exact) mass is 958 g/mol. The Hall–Kier alpha value is -9.16. The molecule has 2 N–H and O–H groups in total. The molecule has 0 atom stereocenters. The Morgan fingerprint density at radius 2 is 0.444 bits per heavy atom. The third-order valence-electron chi connectivity index (χ3n) is 13.3. The van der Waals surface area contributed by atoms with Crippen LogP contribution < -0.4 is 0 Å². The van der Waals surface area contributed by atoms with Gasteiger partial charge < -0.3 is 9.97 Å². The minimum atomic E-state index is -0.891. The van der Waals surface area contributed by atoms with Crippen molar-refractivity contribution in [2.45, 2.75) is 0 Å². The van der Waals surface area contributed by atoms with Crippen LogP contribution in [0.2, 0.25) is 0 Å². The van der Waals surface area contributed by atoms with Gasteiger partial charge in [0.2, 0.25) is 0 Å². The third kappa shape index (κ3) is 6.81. The summed E-state index contributed by atoms with van der Waals surface area (Å²) < 4.78 is 126. The van der Waals surface area contributed by atoms with Gasteiger partial charge in [0.15, 0.2) is 0 Å². The summed E-state index contributed by atoms with van der Waals surface area (Å²) in [6.45, 7) is 0. The van der Waals surface area contributed by atoms with Crippen molar-refractivity contribution >= 4 is 43.6 Å². The minimum Gasteiger partial charge on any atom is -0.353 e. The second-order valence-electron chi connectivity index (χ2n) is 17.7. The standard InChI is InChI=1S/C60H30F8N4/c61-33-17-29(18-34(62)25-33)49-53-41-9-1-2-10-42(41)54(69-53)50(30-19-35(63)26-36(64)20-30)56-45-13-5-6-14-46(45)58(71-56)52(32-23-39(67)28-40(68)24-32)60-48-16-8-7-15-47(48)59(72-60)51(31-21-37(65)27-38(66)22-31)57-44-12-4-3-11-43(44)55(49)70-57/h1-28,69,72H.